The molecule has 5 nitrogen and oxygen atoms in total. The Hall–Kier alpha value is -2.16. The van der Waals surface area contributed by atoms with E-state index in [0.717, 1.165) is 0 Å². The normalized spacial score (nSPS) is 12.6. The van der Waals surface area contributed by atoms with E-state index in [1.54, 1.807) is 18.4 Å². The number of hydrogen-bond donors (Lipinski definition) is 3. The zero-order valence-corrected chi connectivity index (χ0v) is 11.8. The van der Waals surface area contributed by atoms with Crippen molar-refractivity contribution in [3.05, 3.63) is 35.6 Å². The third-order valence-corrected chi connectivity index (χ3v) is 2.56. The Morgan fingerprint density at radius 3 is 2.55 bits per heavy atom. The predicted molar refractivity (Wildman–Crippen MR) is 69.5 cm³/mol. The lowest BCUT2D eigenvalue weighted by atomic mass is 10.2. The van der Waals surface area contributed by atoms with Crippen LogP contribution in [0.1, 0.15) is 5.56 Å². The molecule has 1 unspecified atom stereocenters. The second kappa shape index (κ2) is 7.74. The van der Waals surface area contributed by atoms with Gasteiger partial charge in [-0.1, -0.05) is 12.1 Å². The fraction of sp³-hybridized carbons (Fsp3) is 0.385. The number of imide groups is 1. The van der Waals surface area contributed by atoms with Crippen LogP contribution in [0.2, 0.25) is 0 Å². The maximum atomic E-state index is 13.0. The third-order valence-electron chi connectivity index (χ3n) is 2.56. The van der Waals surface area contributed by atoms with Crippen molar-refractivity contribution >= 4 is 11.9 Å². The Labute approximate surface area is 124 Å². The smallest absolute Gasteiger partial charge is 0.329 e. The van der Waals surface area contributed by atoms with Crippen molar-refractivity contribution < 1.29 is 32.1 Å². The molecule has 3 amide bonds. The standard InChI is InChI=1S/C13H15F4N3O2/c1-20(6-9-3-2-4-10(14)5-9)7-11(21)19-12(22)18-8-13(15,16)17/h2-5H,6-8H2,1H3,(H2,18,19,21,22)/p+1. The number of likely N-dealkylation sites (N-methyl/N-ethyl adjacent to an activating group) is 1. The van der Waals surface area contributed by atoms with E-state index in [-0.39, 0.29) is 6.54 Å². The van der Waals surface area contributed by atoms with E-state index in [1.165, 1.54) is 23.5 Å². The van der Waals surface area contributed by atoms with E-state index in [9.17, 15) is 27.2 Å². The summed E-state index contributed by atoms with van der Waals surface area (Å²) in [7, 11) is 1.64. The maximum Gasteiger partial charge on any atom is 0.405 e. The Bertz CT molecular complexity index is 534. The average molecular weight is 322 g/mol. The van der Waals surface area contributed by atoms with E-state index < -0.39 is 30.5 Å². The molecule has 0 aromatic heterocycles. The van der Waals surface area contributed by atoms with Gasteiger partial charge in [-0.25, -0.2) is 9.18 Å². The van der Waals surface area contributed by atoms with Crippen LogP contribution in [0.15, 0.2) is 24.3 Å². The highest BCUT2D eigenvalue weighted by Crippen LogP contribution is 2.11. The highest BCUT2D eigenvalue weighted by molar-refractivity contribution is 5.94. The topological polar surface area (TPSA) is 62.6 Å². The van der Waals surface area contributed by atoms with Gasteiger partial charge in [0.15, 0.2) is 6.54 Å². The molecule has 22 heavy (non-hydrogen) atoms. The van der Waals surface area contributed by atoms with Crippen molar-refractivity contribution in [2.75, 3.05) is 20.1 Å². The Morgan fingerprint density at radius 2 is 1.95 bits per heavy atom. The van der Waals surface area contributed by atoms with Crippen LogP contribution < -0.4 is 15.5 Å². The van der Waals surface area contributed by atoms with Crippen molar-refractivity contribution in [3.8, 4) is 0 Å². The summed E-state index contributed by atoms with van der Waals surface area (Å²) in [5, 5.41) is 3.33. The zero-order valence-electron chi connectivity index (χ0n) is 11.8. The maximum absolute atomic E-state index is 13.0. The fourth-order valence-corrected chi connectivity index (χ4v) is 1.73. The van der Waals surface area contributed by atoms with Crippen LogP contribution in [0.4, 0.5) is 22.4 Å². The molecule has 0 saturated heterocycles. The first kappa shape index (κ1) is 17.9. The molecule has 3 N–H and O–H groups in total. The van der Waals surface area contributed by atoms with E-state index in [1.807, 2.05) is 0 Å². The van der Waals surface area contributed by atoms with Gasteiger partial charge in [0.25, 0.3) is 5.91 Å². The lowest BCUT2D eigenvalue weighted by molar-refractivity contribution is -0.885. The molecule has 0 fully saturated rings. The van der Waals surface area contributed by atoms with Crippen molar-refractivity contribution in [2.45, 2.75) is 12.7 Å². The molecule has 122 valence electrons. The minimum Gasteiger partial charge on any atom is -0.329 e. The first-order valence-electron chi connectivity index (χ1n) is 6.36. The lowest BCUT2D eigenvalue weighted by Gasteiger charge is -2.14. The average Bonchev–Trinajstić information content (AvgIpc) is 2.35. The highest BCUT2D eigenvalue weighted by atomic mass is 19.4. The number of alkyl halides is 3. The number of halogens is 4. The van der Waals surface area contributed by atoms with Gasteiger partial charge < -0.3 is 10.2 Å². The minimum absolute atomic E-state index is 0.143. The highest BCUT2D eigenvalue weighted by Gasteiger charge is 2.28. The van der Waals surface area contributed by atoms with Crippen LogP contribution in [0, 0.1) is 5.82 Å². The largest absolute Gasteiger partial charge is 0.405 e. The third kappa shape index (κ3) is 7.58. The van der Waals surface area contributed by atoms with Gasteiger partial charge in [-0.15, -0.1) is 0 Å². The summed E-state index contributed by atoms with van der Waals surface area (Å²) in [5.74, 6) is -1.13. The summed E-state index contributed by atoms with van der Waals surface area (Å²) < 4.78 is 48.6. The molecular formula is C13H16F4N3O2+. The van der Waals surface area contributed by atoms with Gasteiger partial charge in [-0.2, -0.15) is 13.2 Å². The number of rotatable bonds is 5. The number of urea groups is 1. The number of hydrogen-bond acceptors (Lipinski definition) is 2. The van der Waals surface area contributed by atoms with E-state index in [0.29, 0.717) is 17.0 Å². The van der Waals surface area contributed by atoms with Crippen LogP contribution in [0.3, 0.4) is 0 Å². The molecule has 1 aromatic rings. The Kier molecular flexibility index (Phi) is 6.29. The van der Waals surface area contributed by atoms with Crippen LogP contribution in [-0.2, 0) is 11.3 Å². The number of quaternary nitrogens is 1. The molecule has 0 radical (unpaired) electrons. The first-order valence-corrected chi connectivity index (χ1v) is 6.36. The van der Waals surface area contributed by atoms with Gasteiger partial charge in [-0.05, 0) is 12.1 Å². The molecule has 1 aromatic carbocycles. The molecule has 0 spiro atoms. The van der Waals surface area contributed by atoms with Gasteiger partial charge in [-0.3, -0.25) is 10.1 Å². The summed E-state index contributed by atoms with van der Waals surface area (Å²) >= 11 is 0. The number of carbonyl (C=O) groups is 2. The van der Waals surface area contributed by atoms with Crippen LogP contribution in [0.25, 0.3) is 0 Å². The van der Waals surface area contributed by atoms with Gasteiger partial charge >= 0.3 is 12.2 Å². The van der Waals surface area contributed by atoms with Crippen LogP contribution >= 0.6 is 0 Å². The van der Waals surface area contributed by atoms with Crippen molar-refractivity contribution in [2.24, 2.45) is 0 Å². The lowest BCUT2D eigenvalue weighted by Crippen LogP contribution is -3.09. The van der Waals surface area contributed by atoms with Gasteiger partial charge in [0.05, 0.1) is 7.05 Å². The molecule has 0 aliphatic rings. The molecule has 0 aliphatic heterocycles. The Balaban J connectivity index is 2.36. The molecule has 9 heteroatoms. The van der Waals surface area contributed by atoms with Crippen LogP contribution in [0.5, 0.6) is 0 Å². The van der Waals surface area contributed by atoms with Crippen LogP contribution in [-0.4, -0.2) is 38.3 Å². The van der Waals surface area contributed by atoms with Gasteiger partial charge in [0.1, 0.15) is 18.9 Å². The molecule has 0 aliphatic carbocycles. The fourth-order valence-electron chi connectivity index (χ4n) is 1.73. The zero-order chi connectivity index (χ0) is 16.8. The summed E-state index contributed by atoms with van der Waals surface area (Å²) in [5.41, 5.74) is 0.659. The molecule has 0 heterocycles. The van der Waals surface area contributed by atoms with E-state index in [2.05, 4.69) is 0 Å². The van der Waals surface area contributed by atoms with Crippen molar-refractivity contribution in [1.82, 2.24) is 10.6 Å². The summed E-state index contributed by atoms with van der Waals surface area (Å²) in [6, 6.07) is 4.61. The van der Waals surface area contributed by atoms with Crippen molar-refractivity contribution in [1.29, 1.82) is 0 Å². The monoisotopic (exact) mass is 322 g/mol. The number of nitrogens with one attached hydrogen (secondary N) is 3. The summed E-state index contributed by atoms with van der Waals surface area (Å²) in [6.45, 7) is -1.33. The summed E-state index contributed by atoms with van der Waals surface area (Å²) in [6.07, 6.45) is -4.54. The van der Waals surface area contributed by atoms with Crippen molar-refractivity contribution in [3.63, 3.8) is 0 Å². The van der Waals surface area contributed by atoms with Gasteiger partial charge in [0.2, 0.25) is 0 Å². The molecule has 0 saturated carbocycles. The number of amides is 3. The van der Waals surface area contributed by atoms with Gasteiger partial charge in [0, 0.05) is 5.56 Å². The number of carbonyl (C=O) groups excluding carboxylic acids is 2. The quantitative estimate of drug-likeness (QED) is 0.680. The minimum atomic E-state index is -4.54. The van der Waals surface area contributed by atoms with E-state index in [4.69, 9.17) is 0 Å². The molecule has 0 bridgehead atoms. The molecule has 1 rings (SSSR count). The second-order valence-corrected chi connectivity index (χ2v) is 4.79. The molecule has 1 atom stereocenters. The Morgan fingerprint density at radius 1 is 1.27 bits per heavy atom. The SMILES string of the molecule is C[NH+](CC(=O)NC(=O)NCC(F)(F)F)Cc1cccc(F)c1. The second-order valence-electron chi connectivity index (χ2n) is 4.79. The number of benzene rings is 1. The summed E-state index contributed by atoms with van der Waals surface area (Å²) in [4.78, 5) is 23.2. The first-order chi connectivity index (χ1) is 10.2. The molecular weight excluding hydrogens is 306 g/mol. The predicted octanol–water partition coefficient (Wildman–Crippen LogP) is 0.228. The van der Waals surface area contributed by atoms with E-state index >= 15 is 0 Å².